The third-order valence-corrected chi connectivity index (χ3v) is 2.61. The van der Waals surface area contributed by atoms with Crippen LogP contribution in [0.3, 0.4) is 0 Å². The molecule has 0 aromatic carbocycles. The van der Waals surface area contributed by atoms with Crippen molar-refractivity contribution < 1.29 is 31.5 Å². The predicted octanol–water partition coefficient (Wildman–Crippen LogP) is 1.73. The maximum atomic E-state index is 13.1. The van der Waals surface area contributed by atoms with Crippen LogP contribution < -0.4 is 5.32 Å². The molecule has 0 radical (unpaired) electrons. The van der Waals surface area contributed by atoms with Gasteiger partial charge in [-0.1, -0.05) is 0 Å². The van der Waals surface area contributed by atoms with E-state index in [0.29, 0.717) is 0 Å². The quantitative estimate of drug-likeness (QED) is 0.621. The Hall–Kier alpha value is -0.920. The molecule has 1 saturated heterocycles. The normalized spacial score (nSPS) is 26.0. The van der Waals surface area contributed by atoms with Crippen LogP contribution in [-0.2, 0) is 9.53 Å². The fourth-order valence-electron chi connectivity index (χ4n) is 1.78. The highest BCUT2D eigenvalue weighted by Crippen LogP contribution is 2.45. The van der Waals surface area contributed by atoms with Gasteiger partial charge in [-0.3, -0.25) is 4.79 Å². The lowest BCUT2D eigenvalue weighted by molar-refractivity contribution is -0.303. The molecule has 1 N–H and O–H groups in total. The van der Waals surface area contributed by atoms with Crippen molar-refractivity contribution in [3.8, 4) is 0 Å². The van der Waals surface area contributed by atoms with E-state index >= 15 is 0 Å². The SMILES string of the molecule is CCOC(=O)[C@H]1NCC[C@@H]1C(F)(F)C(F)(F)F. The number of carbonyl (C=O) groups excluding carboxylic acids is 1. The van der Waals surface area contributed by atoms with Crippen molar-refractivity contribution in [3.05, 3.63) is 0 Å². The summed E-state index contributed by atoms with van der Waals surface area (Å²) in [7, 11) is 0. The fourth-order valence-corrected chi connectivity index (χ4v) is 1.78. The first-order valence-corrected chi connectivity index (χ1v) is 5.06. The van der Waals surface area contributed by atoms with Crippen LogP contribution in [0.25, 0.3) is 0 Å². The summed E-state index contributed by atoms with van der Waals surface area (Å²) < 4.78 is 67.2. The first kappa shape index (κ1) is 14.1. The van der Waals surface area contributed by atoms with Crippen LogP contribution in [0.5, 0.6) is 0 Å². The number of ether oxygens (including phenoxy) is 1. The number of rotatable bonds is 3. The van der Waals surface area contributed by atoms with Gasteiger partial charge >= 0.3 is 18.1 Å². The highest BCUT2D eigenvalue weighted by atomic mass is 19.4. The molecular weight excluding hydrogens is 249 g/mol. The smallest absolute Gasteiger partial charge is 0.453 e. The van der Waals surface area contributed by atoms with Gasteiger partial charge in [-0.25, -0.2) is 0 Å². The van der Waals surface area contributed by atoms with E-state index in [9.17, 15) is 26.7 Å². The molecule has 17 heavy (non-hydrogen) atoms. The minimum atomic E-state index is -5.66. The maximum Gasteiger partial charge on any atom is 0.453 e. The van der Waals surface area contributed by atoms with E-state index in [0.717, 1.165) is 0 Å². The van der Waals surface area contributed by atoms with Gasteiger partial charge in [0.1, 0.15) is 6.04 Å². The maximum absolute atomic E-state index is 13.1. The zero-order valence-corrected chi connectivity index (χ0v) is 8.98. The molecule has 0 amide bonds. The molecule has 2 atom stereocenters. The number of alkyl halides is 5. The van der Waals surface area contributed by atoms with Crippen LogP contribution in [0.1, 0.15) is 13.3 Å². The van der Waals surface area contributed by atoms with Gasteiger partial charge in [0.15, 0.2) is 0 Å². The molecule has 0 aromatic heterocycles. The number of esters is 1. The molecule has 0 bridgehead atoms. The van der Waals surface area contributed by atoms with Crippen LogP contribution in [0.15, 0.2) is 0 Å². The zero-order chi connectivity index (χ0) is 13.3. The van der Waals surface area contributed by atoms with Gasteiger partial charge in [-0.05, 0) is 19.9 Å². The number of carbonyl (C=O) groups is 1. The van der Waals surface area contributed by atoms with Gasteiger partial charge in [0.25, 0.3) is 0 Å². The van der Waals surface area contributed by atoms with E-state index in [2.05, 4.69) is 10.1 Å². The Kier molecular flexibility index (Phi) is 3.95. The highest BCUT2D eigenvalue weighted by Gasteiger charge is 2.65. The topological polar surface area (TPSA) is 38.3 Å². The van der Waals surface area contributed by atoms with Gasteiger partial charge < -0.3 is 10.1 Å². The Morgan fingerprint density at radius 3 is 2.41 bits per heavy atom. The highest BCUT2D eigenvalue weighted by molar-refractivity contribution is 5.76. The summed E-state index contributed by atoms with van der Waals surface area (Å²) in [4.78, 5) is 11.2. The van der Waals surface area contributed by atoms with Gasteiger partial charge in [0, 0.05) is 0 Å². The molecule has 1 heterocycles. The van der Waals surface area contributed by atoms with Crippen molar-refractivity contribution >= 4 is 5.97 Å². The molecular formula is C9H12F5NO2. The molecule has 0 aliphatic carbocycles. The minimum absolute atomic E-state index is 0.0681. The summed E-state index contributed by atoms with van der Waals surface area (Å²) in [6.07, 6.45) is -6.08. The number of halogens is 5. The molecule has 0 saturated carbocycles. The Morgan fingerprint density at radius 1 is 1.35 bits per heavy atom. The second-order valence-electron chi connectivity index (χ2n) is 3.70. The molecule has 3 nitrogen and oxygen atoms in total. The molecule has 0 unspecified atom stereocenters. The molecule has 1 fully saturated rings. The van der Waals surface area contributed by atoms with Gasteiger partial charge in [-0.2, -0.15) is 22.0 Å². The first-order chi connectivity index (χ1) is 7.71. The van der Waals surface area contributed by atoms with Crippen molar-refractivity contribution in [2.75, 3.05) is 13.2 Å². The lowest BCUT2D eigenvalue weighted by Gasteiger charge is -2.28. The molecule has 1 aliphatic rings. The first-order valence-electron chi connectivity index (χ1n) is 5.06. The Balaban J connectivity index is 2.86. The van der Waals surface area contributed by atoms with Crippen LogP contribution in [0, 0.1) is 5.92 Å². The minimum Gasteiger partial charge on any atom is -0.465 e. The summed E-state index contributed by atoms with van der Waals surface area (Å²) in [6, 6.07) is -1.61. The summed E-state index contributed by atoms with van der Waals surface area (Å²) in [5.74, 6) is -8.08. The van der Waals surface area contributed by atoms with Crippen LogP contribution >= 0.6 is 0 Å². The predicted molar refractivity (Wildman–Crippen MR) is 47.5 cm³/mol. The number of nitrogens with one attached hydrogen (secondary N) is 1. The molecule has 0 aromatic rings. The van der Waals surface area contributed by atoms with Crippen molar-refractivity contribution in [3.63, 3.8) is 0 Å². The van der Waals surface area contributed by atoms with Crippen molar-refractivity contribution in [1.29, 1.82) is 0 Å². The molecule has 0 spiro atoms. The number of hydrogen-bond acceptors (Lipinski definition) is 3. The van der Waals surface area contributed by atoms with E-state index in [1.807, 2.05) is 0 Å². The van der Waals surface area contributed by atoms with Crippen LogP contribution in [0.4, 0.5) is 22.0 Å². The molecule has 1 aliphatic heterocycles. The van der Waals surface area contributed by atoms with Crippen molar-refractivity contribution in [2.24, 2.45) is 5.92 Å². The van der Waals surface area contributed by atoms with E-state index in [1.54, 1.807) is 0 Å². The van der Waals surface area contributed by atoms with Crippen LogP contribution in [-0.4, -0.2) is 37.3 Å². The number of hydrogen-bond donors (Lipinski definition) is 1. The summed E-state index contributed by atoms with van der Waals surface area (Å²) in [6.45, 7) is 1.31. The summed E-state index contributed by atoms with van der Waals surface area (Å²) >= 11 is 0. The second kappa shape index (κ2) is 4.75. The van der Waals surface area contributed by atoms with E-state index in [1.165, 1.54) is 6.92 Å². The average Bonchev–Trinajstić information content (AvgIpc) is 2.64. The molecule has 8 heteroatoms. The third kappa shape index (κ3) is 2.67. The Morgan fingerprint density at radius 2 is 1.94 bits per heavy atom. The van der Waals surface area contributed by atoms with Crippen molar-refractivity contribution in [2.45, 2.75) is 31.5 Å². The second-order valence-corrected chi connectivity index (χ2v) is 3.70. The van der Waals surface area contributed by atoms with Gasteiger partial charge in [0.05, 0.1) is 12.5 Å². The molecule has 1 rings (SSSR count). The van der Waals surface area contributed by atoms with Crippen molar-refractivity contribution in [1.82, 2.24) is 5.32 Å². The van der Waals surface area contributed by atoms with E-state index in [-0.39, 0.29) is 13.2 Å². The third-order valence-electron chi connectivity index (χ3n) is 2.61. The summed E-state index contributed by atoms with van der Waals surface area (Å²) in [5.41, 5.74) is 0. The largest absolute Gasteiger partial charge is 0.465 e. The molecule has 100 valence electrons. The lowest BCUT2D eigenvalue weighted by Crippen LogP contribution is -2.51. The average molecular weight is 261 g/mol. The monoisotopic (exact) mass is 261 g/mol. The zero-order valence-electron chi connectivity index (χ0n) is 8.98. The Bertz CT molecular complexity index is 292. The van der Waals surface area contributed by atoms with Gasteiger partial charge in [-0.15, -0.1) is 0 Å². The lowest BCUT2D eigenvalue weighted by atomic mass is 9.93. The van der Waals surface area contributed by atoms with E-state index in [4.69, 9.17) is 0 Å². The Labute approximate surface area is 94.3 Å². The standard InChI is InChI=1S/C9H12F5NO2/c1-2-17-7(16)6-5(3-4-15-6)8(10,11)9(12,13)14/h5-6,15H,2-4H2,1H3/t5-,6-/m0/s1. The summed E-state index contributed by atoms with van der Waals surface area (Å²) in [5, 5.41) is 2.31. The van der Waals surface area contributed by atoms with Crippen LogP contribution in [0.2, 0.25) is 0 Å². The fraction of sp³-hybridized carbons (Fsp3) is 0.889. The van der Waals surface area contributed by atoms with Gasteiger partial charge in [0.2, 0.25) is 0 Å². The van der Waals surface area contributed by atoms with E-state index < -0.39 is 36.4 Å².